The van der Waals surface area contributed by atoms with E-state index in [2.05, 4.69) is 4.98 Å². The van der Waals surface area contributed by atoms with Crippen LogP contribution < -0.4 is 9.47 Å². The van der Waals surface area contributed by atoms with Gasteiger partial charge in [0.25, 0.3) is 5.91 Å². The number of ether oxygens (including phenoxy) is 2. The fraction of sp³-hybridized carbons (Fsp3) is 0.381. The van der Waals surface area contributed by atoms with Crippen molar-refractivity contribution < 1.29 is 19.1 Å². The second-order valence-corrected chi connectivity index (χ2v) is 6.69. The van der Waals surface area contributed by atoms with Gasteiger partial charge in [-0.05, 0) is 50.1 Å². The predicted molar refractivity (Wildman–Crippen MR) is 101 cm³/mol. The lowest BCUT2D eigenvalue weighted by Crippen LogP contribution is -2.42. The van der Waals surface area contributed by atoms with E-state index in [1.165, 1.54) is 0 Å². The van der Waals surface area contributed by atoms with Crippen LogP contribution in [0.3, 0.4) is 0 Å². The number of aromatic nitrogens is 1. The van der Waals surface area contributed by atoms with Crippen molar-refractivity contribution in [3.63, 3.8) is 0 Å². The van der Waals surface area contributed by atoms with Gasteiger partial charge in [-0.2, -0.15) is 0 Å². The van der Waals surface area contributed by atoms with Crippen LogP contribution in [0.2, 0.25) is 0 Å². The lowest BCUT2D eigenvalue weighted by atomic mass is 9.89. The lowest BCUT2D eigenvalue weighted by molar-refractivity contribution is 0.0632. The molecule has 142 valence electrons. The first-order valence-electron chi connectivity index (χ1n) is 9.02. The lowest BCUT2D eigenvalue weighted by Gasteiger charge is -2.32. The molecule has 0 spiro atoms. The summed E-state index contributed by atoms with van der Waals surface area (Å²) in [6, 6.07) is 10.6. The molecular formula is C21H24N2O4. The van der Waals surface area contributed by atoms with Gasteiger partial charge in [-0.25, -0.2) is 4.98 Å². The minimum atomic E-state index is -0.231. The van der Waals surface area contributed by atoms with E-state index in [4.69, 9.17) is 9.47 Å². The number of aryl methyl sites for hydroxylation is 1. The molecule has 0 bridgehead atoms. The first kappa shape index (κ1) is 18.9. The predicted octanol–water partition coefficient (Wildman–Crippen LogP) is 3.14. The number of rotatable bonds is 5. The summed E-state index contributed by atoms with van der Waals surface area (Å²) in [5, 5.41) is 0. The fourth-order valence-corrected chi connectivity index (χ4v) is 3.42. The van der Waals surface area contributed by atoms with E-state index in [1.54, 1.807) is 43.4 Å². The minimum Gasteiger partial charge on any atom is -0.493 e. The number of carbonyl (C=O) groups is 2. The third kappa shape index (κ3) is 4.10. The van der Waals surface area contributed by atoms with Crippen molar-refractivity contribution in [3.8, 4) is 11.5 Å². The number of Topliss-reactive ketones (excluding diaryl/α,β-unsaturated/α-hetero) is 1. The largest absolute Gasteiger partial charge is 0.493 e. The van der Waals surface area contributed by atoms with Crippen molar-refractivity contribution >= 4 is 11.7 Å². The molecule has 6 nitrogen and oxygen atoms in total. The number of pyridine rings is 1. The molecule has 1 saturated heterocycles. The van der Waals surface area contributed by atoms with E-state index >= 15 is 0 Å². The SMILES string of the molecule is COc1ccc(C(=O)[C@@H]2CCCN(C(=O)c3cccc(C)n3)C2)cc1OC. The summed E-state index contributed by atoms with van der Waals surface area (Å²) in [6.45, 7) is 2.90. The third-order valence-corrected chi connectivity index (χ3v) is 4.85. The highest BCUT2D eigenvalue weighted by molar-refractivity contribution is 5.99. The van der Waals surface area contributed by atoms with Gasteiger partial charge in [-0.1, -0.05) is 6.07 Å². The standard InChI is InChI=1S/C21H24N2O4/c1-14-6-4-8-17(22-14)21(25)23-11-5-7-16(13-23)20(24)15-9-10-18(26-2)19(12-15)27-3/h4,6,8-10,12,16H,5,7,11,13H2,1-3H3/t16-/m1/s1. The topological polar surface area (TPSA) is 68.7 Å². The van der Waals surface area contributed by atoms with Crippen molar-refractivity contribution in [2.75, 3.05) is 27.3 Å². The van der Waals surface area contributed by atoms with Gasteiger partial charge in [0.15, 0.2) is 17.3 Å². The van der Waals surface area contributed by atoms with Crippen molar-refractivity contribution in [2.24, 2.45) is 5.92 Å². The van der Waals surface area contributed by atoms with Gasteiger partial charge in [-0.3, -0.25) is 9.59 Å². The Kier molecular flexibility index (Phi) is 5.74. The Balaban J connectivity index is 1.76. The molecule has 2 heterocycles. The monoisotopic (exact) mass is 368 g/mol. The normalized spacial score (nSPS) is 16.7. The molecule has 1 aliphatic heterocycles. The summed E-state index contributed by atoms with van der Waals surface area (Å²) in [6.07, 6.45) is 1.56. The maximum atomic E-state index is 13.0. The summed E-state index contributed by atoms with van der Waals surface area (Å²) >= 11 is 0. The molecule has 0 radical (unpaired) electrons. The van der Waals surface area contributed by atoms with Gasteiger partial charge >= 0.3 is 0 Å². The van der Waals surface area contributed by atoms with Crippen molar-refractivity contribution in [3.05, 3.63) is 53.3 Å². The first-order valence-corrected chi connectivity index (χ1v) is 9.02. The van der Waals surface area contributed by atoms with E-state index in [9.17, 15) is 9.59 Å². The van der Waals surface area contributed by atoms with Crippen molar-refractivity contribution in [2.45, 2.75) is 19.8 Å². The molecule has 0 unspecified atom stereocenters. The van der Waals surface area contributed by atoms with Gasteiger partial charge in [-0.15, -0.1) is 0 Å². The zero-order valence-electron chi connectivity index (χ0n) is 15.9. The van der Waals surface area contributed by atoms with E-state index in [0.29, 0.717) is 35.8 Å². The molecule has 1 aromatic heterocycles. The zero-order chi connectivity index (χ0) is 19.4. The van der Waals surface area contributed by atoms with Crippen LogP contribution in [0.25, 0.3) is 0 Å². The molecule has 2 aromatic rings. The second kappa shape index (κ2) is 8.20. The number of benzene rings is 1. The quantitative estimate of drug-likeness (QED) is 0.759. The van der Waals surface area contributed by atoms with Crippen molar-refractivity contribution in [1.82, 2.24) is 9.88 Å². The maximum absolute atomic E-state index is 13.0. The average Bonchev–Trinajstić information content (AvgIpc) is 2.72. The summed E-state index contributed by atoms with van der Waals surface area (Å²) < 4.78 is 10.5. The summed E-state index contributed by atoms with van der Waals surface area (Å²) in [5.41, 5.74) is 1.80. The maximum Gasteiger partial charge on any atom is 0.272 e. The number of hydrogen-bond acceptors (Lipinski definition) is 5. The number of piperidine rings is 1. The second-order valence-electron chi connectivity index (χ2n) is 6.69. The van der Waals surface area contributed by atoms with Crippen LogP contribution in [-0.4, -0.2) is 48.9 Å². The third-order valence-electron chi connectivity index (χ3n) is 4.85. The molecule has 1 aliphatic rings. The number of carbonyl (C=O) groups excluding carboxylic acids is 2. The van der Waals surface area contributed by atoms with Gasteiger partial charge in [0.05, 0.1) is 14.2 Å². The molecule has 27 heavy (non-hydrogen) atoms. The van der Waals surface area contributed by atoms with Crippen LogP contribution in [0.5, 0.6) is 11.5 Å². The molecule has 0 N–H and O–H groups in total. The highest BCUT2D eigenvalue weighted by atomic mass is 16.5. The number of ketones is 1. The van der Waals surface area contributed by atoms with Crippen LogP contribution in [0.1, 0.15) is 39.4 Å². The van der Waals surface area contributed by atoms with Crippen LogP contribution in [0.15, 0.2) is 36.4 Å². The fourth-order valence-electron chi connectivity index (χ4n) is 3.42. The van der Waals surface area contributed by atoms with Crippen LogP contribution in [0, 0.1) is 12.8 Å². The molecule has 1 aromatic carbocycles. The number of hydrogen-bond donors (Lipinski definition) is 0. The molecule has 3 rings (SSSR count). The molecule has 0 aliphatic carbocycles. The van der Waals surface area contributed by atoms with E-state index in [0.717, 1.165) is 18.5 Å². The molecule has 1 amide bonds. The van der Waals surface area contributed by atoms with Gasteiger partial charge in [0.2, 0.25) is 0 Å². The number of nitrogens with zero attached hydrogens (tertiary/aromatic N) is 2. The highest BCUT2D eigenvalue weighted by Gasteiger charge is 2.30. The number of methoxy groups -OCH3 is 2. The number of amides is 1. The zero-order valence-corrected chi connectivity index (χ0v) is 15.9. The average molecular weight is 368 g/mol. The van der Waals surface area contributed by atoms with Gasteiger partial charge in [0, 0.05) is 30.3 Å². The van der Waals surface area contributed by atoms with E-state index < -0.39 is 0 Å². The molecule has 6 heteroatoms. The Bertz CT molecular complexity index is 850. The summed E-state index contributed by atoms with van der Waals surface area (Å²) in [7, 11) is 3.10. The summed E-state index contributed by atoms with van der Waals surface area (Å²) in [5.74, 6) is 0.774. The van der Waals surface area contributed by atoms with Gasteiger partial charge in [0.1, 0.15) is 5.69 Å². The van der Waals surface area contributed by atoms with E-state index in [-0.39, 0.29) is 17.6 Å². The van der Waals surface area contributed by atoms with Crippen LogP contribution in [-0.2, 0) is 0 Å². The first-order chi connectivity index (χ1) is 13.0. The Hall–Kier alpha value is -2.89. The van der Waals surface area contributed by atoms with E-state index in [1.807, 2.05) is 19.1 Å². The molecule has 1 fully saturated rings. The molecule has 0 saturated carbocycles. The molecular weight excluding hydrogens is 344 g/mol. The molecule has 1 atom stereocenters. The minimum absolute atomic E-state index is 0.0191. The van der Waals surface area contributed by atoms with Gasteiger partial charge < -0.3 is 14.4 Å². The summed E-state index contributed by atoms with van der Waals surface area (Å²) in [4.78, 5) is 31.8. The Morgan fingerprint density at radius 1 is 1.11 bits per heavy atom. The Labute approximate surface area is 159 Å². The van der Waals surface area contributed by atoms with Crippen molar-refractivity contribution in [1.29, 1.82) is 0 Å². The Morgan fingerprint density at radius 3 is 2.59 bits per heavy atom. The highest BCUT2D eigenvalue weighted by Crippen LogP contribution is 2.30. The smallest absolute Gasteiger partial charge is 0.272 e. The van der Waals surface area contributed by atoms with Crippen LogP contribution >= 0.6 is 0 Å². The van der Waals surface area contributed by atoms with Crippen LogP contribution in [0.4, 0.5) is 0 Å². The Morgan fingerprint density at radius 2 is 1.89 bits per heavy atom. The number of likely N-dealkylation sites (tertiary alicyclic amines) is 1.